The molecule has 0 spiro atoms. The predicted octanol–water partition coefficient (Wildman–Crippen LogP) is 1.81. The van der Waals surface area contributed by atoms with Crippen LogP contribution < -0.4 is 20.5 Å². The lowest BCUT2D eigenvalue weighted by molar-refractivity contribution is 0.0920. The highest BCUT2D eigenvalue weighted by atomic mass is 16.5. The summed E-state index contributed by atoms with van der Waals surface area (Å²) < 4.78 is 10.5. The number of hydrogen-bond donors (Lipinski definition) is 2. The van der Waals surface area contributed by atoms with Gasteiger partial charge in [-0.05, 0) is 31.0 Å². The van der Waals surface area contributed by atoms with Gasteiger partial charge in [0.15, 0.2) is 11.5 Å². The summed E-state index contributed by atoms with van der Waals surface area (Å²) in [6, 6.07) is 5.29. The average molecular weight is 280 g/mol. The number of para-hydroxylation sites is 1. The van der Waals surface area contributed by atoms with Crippen LogP contribution in [0.4, 0.5) is 0 Å². The molecule has 0 saturated heterocycles. The van der Waals surface area contributed by atoms with Crippen LogP contribution in [0.3, 0.4) is 0 Å². The van der Waals surface area contributed by atoms with Crippen molar-refractivity contribution in [1.29, 1.82) is 0 Å². The first kappa shape index (κ1) is 16.3. The van der Waals surface area contributed by atoms with Crippen molar-refractivity contribution in [3.05, 3.63) is 23.8 Å². The van der Waals surface area contributed by atoms with Crippen LogP contribution in [0.15, 0.2) is 18.2 Å². The van der Waals surface area contributed by atoms with Gasteiger partial charge in [-0.15, -0.1) is 0 Å². The third-order valence-corrected chi connectivity index (χ3v) is 3.25. The Bertz CT molecular complexity index is 447. The molecule has 0 aliphatic heterocycles. The Labute approximate surface area is 120 Å². The summed E-state index contributed by atoms with van der Waals surface area (Å²) >= 11 is 0. The number of carbonyl (C=O) groups excluding carboxylic acids is 1. The molecule has 5 heteroatoms. The molecule has 0 saturated carbocycles. The van der Waals surface area contributed by atoms with E-state index in [1.165, 1.54) is 7.11 Å². The van der Waals surface area contributed by atoms with Crippen LogP contribution in [0.1, 0.15) is 30.6 Å². The lowest BCUT2D eigenvalue weighted by Crippen LogP contribution is -2.40. The third kappa shape index (κ3) is 3.87. The maximum absolute atomic E-state index is 12.4. The van der Waals surface area contributed by atoms with Crippen molar-refractivity contribution in [1.82, 2.24) is 5.32 Å². The fourth-order valence-electron chi connectivity index (χ4n) is 2.06. The first-order valence-electron chi connectivity index (χ1n) is 6.77. The Morgan fingerprint density at radius 2 is 2.00 bits per heavy atom. The average Bonchev–Trinajstić information content (AvgIpc) is 2.45. The van der Waals surface area contributed by atoms with E-state index < -0.39 is 0 Å². The third-order valence-electron chi connectivity index (χ3n) is 3.25. The van der Waals surface area contributed by atoms with E-state index in [1.807, 2.05) is 0 Å². The highest BCUT2D eigenvalue weighted by Gasteiger charge is 2.20. The number of benzene rings is 1. The van der Waals surface area contributed by atoms with Gasteiger partial charge in [-0.2, -0.15) is 0 Å². The standard InChI is InChI=1S/C15H24N2O3/c1-10(2)12(8-9-16)17-15(18)11-6-5-7-13(19-3)14(11)20-4/h5-7,10,12H,8-9,16H2,1-4H3,(H,17,18). The largest absolute Gasteiger partial charge is 0.493 e. The van der Waals surface area contributed by atoms with Crippen molar-refractivity contribution < 1.29 is 14.3 Å². The second kappa shape index (κ2) is 7.75. The fraction of sp³-hybridized carbons (Fsp3) is 0.533. The van der Waals surface area contributed by atoms with Crippen molar-refractivity contribution in [2.75, 3.05) is 20.8 Å². The monoisotopic (exact) mass is 280 g/mol. The molecule has 1 aromatic rings. The summed E-state index contributed by atoms with van der Waals surface area (Å²) in [6.07, 6.45) is 0.746. The zero-order chi connectivity index (χ0) is 15.1. The van der Waals surface area contributed by atoms with Crippen LogP contribution in [0.2, 0.25) is 0 Å². The van der Waals surface area contributed by atoms with E-state index in [0.29, 0.717) is 29.5 Å². The van der Waals surface area contributed by atoms with Gasteiger partial charge in [-0.1, -0.05) is 19.9 Å². The molecule has 20 heavy (non-hydrogen) atoms. The van der Waals surface area contributed by atoms with Crippen LogP contribution in [0, 0.1) is 5.92 Å². The van der Waals surface area contributed by atoms with E-state index in [9.17, 15) is 4.79 Å². The summed E-state index contributed by atoms with van der Waals surface area (Å²) in [7, 11) is 3.07. The summed E-state index contributed by atoms with van der Waals surface area (Å²) in [5.41, 5.74) is 6.05. The van der Waals surface area contributed by atoms with E-state index in [-0.39, 0.29) is 11.9 Å². The minimum Gasteiger partial charge on any atom is -0.493 e. The van der Waals surface area contributed by atoms with Crippen molar-refractivity contribution >= 4 is 5.91 Å². The van der Waals surface area contributed by atoms with E-state index in [0.717, 1.165) is 6.42 Å². The molecule has 1 aromatic carbocycles. The van der Waals surface area contributed by atoms with Crippen LogP contribution in [-0.4, -0.2) is 32.7 Å². The normalized spacial score (nSPS) is 12.1. The second-order valence-electron chi connectivity index (χ2n) is 4.94. The SMILES string of the molecule is COc1cccc(C(=O)NC(CCN)C(C)C)c1OC. The second-order valence-corrected chi connectivity index (χ2v) is 4.94. The molecule has 0 fully saturated rings. The van der Waals surface area contributed by atoms with Gasteiger partial charge >= 0.3 is 0 Å². The molecule has 1 atom stereocenters. The molecule has 0 radical (unpaired) electrons. The molecule has 1 amide bonds. The number of amides is 1. The highest BCUT2D eigenvalue weighted by molar-refractivity contribution is 5.98. The molecule has 0 aliphatic carbocycles. The van der Waals surface area contributed by atoms with E-state index >= 15 is 0 Å². The molecular formula is C15H24N2O3. The summed E-state index contributed by atoms with van der Waals surface area (Å²) in [4.78, 5) is 12.4. The number of carbonyl (C=O) groups is 1. The van der Waals surface area contributed by atoms with E-state index in [2.05, 4.69) is 19.2 Å². The molecule has 112 valence electrons. The van der Waals surface area contributed by atoms with Gasteiger partial charge in [0.1, 0.15) is 0 Å². The van der Waals surface area contributed by atoms with Crippen LogP contribution in [-0.2, 0) is 0 Å². The zero-order valence-electron chi connectivity index (χ0n) is 12.6. The maximum Gasteiger partial charge on any atom is 0.255 e. The first-order chi connectivity index (χ1) is 9.54. The van der Waals surface area contributed by atoms with Gasteiger partial charge in [0.2, 0.25) is 0 Å². The molecule has 1 rings (SSSR count). The quantitative estimate of drug-likeness (QED) is 0.799. The zero-order valence-corrected chi connectivity index (χ0v) is 12.6. The van der Waals surface area contributed by atoms with Gasteiger partial charge in [-0.3, -0.25) is 4.79 Å². The number of ether oxygens (including phenoxy) is 2. The number of methoxy groups -OCH3 is 2. The van der Waals surface area contributed by atoms with Crippen molar-refractivity contribution in [2.24, 2.45) is 11.7 Å². The molecule has 1 unspecified atom stereocenters. The topological polar surface area (TPSA) is 73.6 Å². The van der Waals surface area contributed by atoms with Crippen LogP contribution >= 0.6 is 0 Å². The summed E-state index contributed by atoms with van der Waals surface area (Å²) in [5, 5.41) is 3.01. The fourth-order valence-corrected chi connectivity index (χ4v) is 2.06. The minimum absolute atomic E-state index is 0.0448. The predicted molar refractivity (Wildman–Crippen MR) is 79.3 cm³/mol. The molecule has 0 heterocycles. The summed E-state index contributed by atoms with van der Waals surface area (Å²) in [6.45, 7) is 4.66. The summed E-state index contributed by atoms with van der Waals surface area (Å²) in [5.74, 6) is 1.13. The molecule has 5 nitrogen and oxygen atoms in total. The maximum atomic E-state index is 12.4. The number of nitrogens with two attached hydrogens (primary N) is 1. The Kier molecular flexibility index (Phi) is 6.31. The first-order valence-corrected chi connectivity index (χ1v) is 6.77. The molecule has 3 N–H and O–H groups in total. The number of nitrogens with one attached hydrogen (secondary N) is 1. The van der Waals surface area contributed by atoms with Crippen molar-refractivity contribution in [2.45, 2.75) is 26.3 Å². The van der Waals surface area contributed by atoms with Gasteiger partial charge in [0.25, 0.3) is 5.91 Å². The molecule has 0 aliphatic rings. The molecular weight excluding hydrogens is 256 g/mol. The van der Waals surface area contributed by atoms with E-state index in [1.54, 1.807) is 25.3 Å². The lowest BCUT2D eigenvalue weighted by Gasteiger charge is -2.22. The Balaban J connectivity index is 2.97. The van der Waals surface area contributed by atoms with Crippen molar-refractivity contribution in [3.8, 4) is 11.5 Å². The Morgan fingerprint density at radius 1 is 1.30 bits per heavy atom. The Hall–Kier alpha value is -1.75. The van der Waals surface area contributed by atoms with Gasteiger partial charge < -0.3 is 20.5 Å². The van der Waals surface area contributed by atoms with Crippen LogP contribution in [0.5, 0.6) is 11.5 Å². The number of hydrogen-bond acceptors (Lipinski definition) is 4. The minimum atomic E-state index is -0.173. The van der Waals surface area contributed by atoms with Crippen molar-refractivity contribution in [3.63, 3.8) is 0 Å². The molecule has 0 bridgehead atoms. The highest BCUT2D eigenvalue weighted by Crippen LogP contribution is 2.30. The van der Waals surface area contributed by atoms with Gasteiger partial charge in [0.05, 0.1) is 19.8 Å². The Morgan fingerprint density at radius 3 is 2.50 bits per heavy atom. The smallest absolute Gasteiger partial charge is 0.255 e. The van der Waals surface area contributed by atoms with Gasteiger partial charge in [0, 0.05) is 6.04 Å². The van der Waals surface area contributed by atoms with Crippen LogP contribution in [0.25, 0.3) is 0 Å². The lowest BCUT2D eigenvalue weighted by atomic mass is 10.0. The van der Waals surface area contributed by atoms with E-state index in [4.69, 9.17) is 15.2 Å². The molecule has 0 aromatic heterocycles. The number of rotatable bonds is 7. The van der Waals surface area contributed by atoms with Gasteiger partial charge in [-0.25, -0.2) is 0 Å².